The first-order valence-electron chi connectivity index (χ1n) is 14.4. The fourth-order valence-electron chi connectivity index (χ4n) is 6.07. The minimum atomic E-state index is -3.85. The number of amides is 1. The van der Waals surface area contributed by atoms with E-state index < -0.39 is 10.0 Å². The molecule has 1 fully saturated rings. The third-order valence-corrected chi connectivity index (χ3v) is 9.89. The summed E-state index contributed by atoms with van der Waals surface area (Å²) in [5, 5.41) is 7.34. The Balaban J connectivity index is 1.14. The summed E-state index contributed by atoms with van der Waals surface area (Å²) >= 11 is 0. The number of carbonyl (C=O) groups is 1. The number of anilines is 2. The third-order valence-electron chi connectivity index (χ3n) is 8.20. The molecule has 41 heavy (non-hydrogen) atoms. The first-order valence-corrected chi connectivity index (χ1v) is 15.8. The average molecular weight is 573 g/mol. The summed E-state index contributed by atoms with van der Waals surface area (Å²) in [5.74, 6) is 1.44. The van der Waals surface area contributed by atoms with Gasteiger partial charge in [0.05, 0.1) is 21.7 Å². The predicted molar refractivity (Wildman–Crippen MR) is 161 cm³/mol. The summed E-state index contributed by atoms with van der Waals surface area (Å²) < 4.78 is 28.0. The van der Waals surface area contributed by atoms with Crippen LogP contribution in [0.2, 0.25) is 0 Å². The van der Waals surface area contributed by atoms with Crippen molar-refractivity contribution in [3.8, 4) is 0 Å². The number of carbonyl (C=O) groups excluding carboxylic acids is 1. The smallest absolute Gasteiger partial charge is 0.268 e. The van der Waals surface area contributed by atoms with Crippen LogP contribution in [-0.4, -0.2) is 54.4 Å². The van der Waals surface area contributed by atoms with Gasteiger partial charge in [-0.3, -0.25) is 4.79 Å². The summed E-state index contributed by atoms with van der Waals surface area (Å²) in [6.45, 7) is 0. The molecule has 0 aliphatic heterocycles. The molecule has 0 unspecified atom stereocenters. The molecule has 9 nitrogen and oxygen atoms in total. The number of rotatable bonds is 7. The van der Waals surface area contributed by atoms with Crippen LogP contribution >= 0.6 is 0 Å². The van der Waals surface area contributed by atoms with E-state index in [0.29, 0.717) is 22.4 Å². The van der Waals surface area contributed by atoms with E-state index in [0.717, 1.165) is 56.5 Å². The lowest BCUT2D eigenvalue weighted by molar-refractivity contribution is 0.0928. The van der Waals surface area contributed by atoms with Crippen molar-refractivity contribution in [2.75, 3.05) is 24.3 Å². The van der Waals surface area contributed by atoms with Crippen molar-refractivity contribution in [1.82, 2.24) is 19.3 Å². The molecule has 2 N–H and O–H groups in total. The Labute approximate surface area is 241 Å². The Bertz CT molecular complexity index is 1680. The van der Waals surface area contributed by atoms with E-state index in [2.05, 4.69) is 15.5 Å². The molecule has 0 radical (unpaired) electrons. The zero-order chi connectivity index (χ0) is 28.6. The van der Waals surface area contributed by atoms with Crippen LogP contribution in [-0.2, 0) is 22.9 Å². The second-order valence-electron chi connectivity index (χ2n) is 11.2. The molecule has 2 aliphatic carbocycles. The standard InChI is InChI=1S/C31H36N6O3S/c1-36(2)29-25-13-6-8-14-27(25)34-31(35-29)33-22-18-16-21(17-19-22)32-30(38)26-20-37(28-15-9-7-12-24(26)28)41(39,40)23-10-4-3-5-11-23/h3-5,7,9-12,15,20-22H,6,8,13-14,16-19H2,1-2H3,(H,32,38)(H,33,34,35). The van der Waals surface area contributed by atoms with Crippen molar-refractivity contribution < 1.29 is 13.2 Å². The first-order chi connectivity index (χ1) is 19.8. The van der Waals surface area contributed by atoms with E-state index in [1.54, 1.807) is 48.5 Å². The second-order valence-corrected chi connectivity index (χ2v) is 13.1. The van der Waals surface area contributed by atoms with E-state index in [9.17, 15) is 13.2 Å². The second kappa shape index (κ2) is 11.2. The van der Waals surface area contributed by atoms with Gasteiger partial charge in [0.2, 0.25) is 5.95 Å². The largest absolute Gasteiger partial charge is 0.362 e. The third kappa shape index (κ3) is 5.40. The lowest BCUT2D eigenvalue weighted by atomic mass is 9.91. The lowest BCUT2D eigenvalue weighted by Gasteiger charge is -2.30. The van der Waals surface area contributed by atoms with E-state index in [4.69, 9.17) is 9.97 Å². The number of benzene rings is 2. The van der Waals surface area contributed by atoms with Gasteiger partial charge in [-0.2, -0.15) is 4.98 Å². The van der Waals surface area contributed by atoms with Crippen molar-refractivity contribution in [3.05, 3.63) is 77.6 Å². The molecule has 1 saturated carbocycles. The molecule has 214 valence electrons. The Kier molecular flexibility index (Phi) is 7.42. The molecule has 0 bridgehead atoms. The number of nitrogens with one attached hydrogen (secondary N) is 2. The Morgan fingerprint density at radius 1 is 0.902 bits per heavy atom. The predicted octanol–water partition coefficient (Wildman–Crippen LogP) is 4.77. The molecule has 0 saturated heterocycles. The zero-order valence-corrected chi connectivity index (χ0v) is 24.3. The van der Waals surface area contributed by atoms with Crippen molar-refractivity contribution in [1.29, 1.82) is 0 Å². The van der Waals surface area contributed by atoms with Crippen molar-refractivity contribution in [2.24, 2.45) is 0 Å². The number of nitrogens with zero attached hydrogens (tertiary/aromatic N) is 4. The minimum absolute atomic E-state index is 0.00943. The van der Waals surface area contributed by atoms with Crippen LogP contribution in [0, 0.1) is 0 Å². The molecule has 4 aromatic rings. The minimum Gasteiger partial charge on any atom is -0.362 e. The Hall–Kier alpha value is -3.92. The van der Waals surface area contributed by atoms with Crippen LogP contribution in [0.4, 0.5) is 11.8 Å². The van der Waals surface area contributed by atoms with Crippen LogP contribution < -0.4 is 15.5 Å². The van der Waals surface area contributed by atoms with Gasteiger partial charge in [0.15, 0.2) is 0 Å². The van der Waals surface area contributed by atoms with Gasteiger partial charge in [0, 0.05) is 43.3 Å². The topological polar surface area (TPSA) is 109 Å². The number of aryl methyl sites for hydroxylation is 1. The van der Waals surface area contributed by atoms with E-state index >= 15 is 0 Å². The van der Waals surface area contributed by atoms with Gasteiger partial charge in [-0.25, -0.2) is 17.4 Å². The highest BCUT2D eigenvalue weighted by atomic mass is 32.2. The van der Waals surface area contributed by atoms with E-state index in [1.807, 2.05) is 20.2 Å². The first kappa shape index (κ1) is 27.3. The number of para-hydroxylation sites is 1. The van der Waals surface area contributed by atoms with Gasteiger partial charge in [0.25, 0.3) is 15.9 Å². The SMILES string of the molecule is CN(C)c1nc(NC2CCC(NC(=O)c3cn(S(=O)(=O)c4ccccc4)c4ccccc34)CC2)nc2c1CCCC2. The fourth-order valence-corrected chi connectivity index (χ4v) is 7.46. The number of hydrogen-bond acceptors (Lipinski definition) is 7. The van der Waals surface area contributed by atoms with E-state index in [1.165, 1.54) is 22.2 Å². The summed E-state index contributed by atoms with van der Waals surface area (Å²) in [6.07, 6.45) is 9.22. The van der Waals surface area contributed by atoms with Gasteiger partial charge in [-0.15, -0.1) is 0 Å². The van der Waals surface area contributed by atoms with Crippen LogP contribution in [0.3, 0.4) is 0 Å². The average Bonchev–Trinajstić information content (AvgIpc) is 3.39. The summed E-state index contributed by atoms with van der Waals surface area (Å²) in [6, 6.07) is 15.6. The van der Waals surface area contributed by atoms with Gasteiger partial charge in [0.1, 0.15) is 5.82 Å². The van der Waals surface area contributed by atoms with E-state index in [-0.39, 0.29) is 22.9 Å². The van der Waals surface area contributed by atoms with Crippen LogP contribution in [0.15, 0.2) is 65.7 Å². The Morgan fingerprint density at radius 3 is 2.34 bits per heavy atom. The zero-order valence-electron chi connectivity index (χ0n) is 23.5. The molecular formula is C31H36N6O3S. The number of aromatic nitrogens is 3. The summed E-state index contributed by atoms with van der Waals surface area (Å²) in [5.41, 5.74) is 3.28. The molecule has 1 amide bonds. The van der Waals surface area contributed by atoms with Crippen LogP contribution in [0.1, 0.15) is 60.1 Å². The van der Waals surface area contributed by atoms with Gasteiger partial charge in [-0.1, -0.05) is 36.4 Å². The number of hydrogen-bond donors (Lipinski definition) is 2. The highest BCUT2D eigenvalue weighted by Crippen LogP contribution is 2.30. The molecule has 2 aromatic heterocycles. The molecule has 10 heteroatoms. The monoisotopic (exact) mass is 572 g/mol. The summed E-state index contributed by atoms with van der Waals surface area (Å²) in [4.78, 5) is 25.4. The fraction of sp³-hybridized carbons (Fsp3) is 0.387. The van der Waals surface area contributed by atoms with Crippen molar-refractivity contribution in [2.45, 2.75) is 68.3 Å². The maximum absolute atomic E-state index is 13.5. The maximum atomic E-state index is 13.5. The van der Waals surface area contributed by atoms with Crippen LogP contribution in [0.25, 0.3) is 10.9 Å². The maximum Gasteiger partial charge on any atom is 0.268 e. The highest BCUT2D eigenvalue weighted by Gasteiger charge is 2.28. The molecule has 0 atom stereocenters. The summed E-state index contributed by atoms with van der Waals surface area (Å²) in [7, 11) is 0.213. The molecular weight excluding hydrogens is 536 g/mol. The van der Waals surface area contributed by atoms with Crippen molar-refractivity contribution in [3.63, 3.8) is 0 Å². The lowest BCUT2D eigenvalue weighted by Crippen LogP contribution is -2.40. The molecule has 6 rings (SSSR count). The molecule has 2 aromatic carbocycles. The highest BCUT2D eigenvalue weighted by molar-refractivity contribution is 7.90. The van der Waals surface area contributed by atoms with Crippen LogP contribution in [0.5, 0.6) is 0 Å². The number of fused-ring (bicyclic) bond motifs is 2. The molecule has 2 aliphatic rings. The van der Waals surface area contributed by atoms with Crippen molar-refractivity contribution >= 4 is 38.6 Å². The van der Waals surface area contributed by atoms with Gasteiger partial charge < -0.3 is 15.5 Å². The molecule has 2 heterocycles. The van der Waals surface area contributed by atoms with Gasteiger partial charge in [-0.05, 0) is 69.6 Å². The Morgan fingerprint density at radius 2 is 1.59 bits per heavy atom. The normalized spacial score (nSPS) is 19.0. The quantitative estimate of drug-likeness (QED) is 0.328. The van der Waals surface area contributed by atoms with Gasteiger partial charge >= 0.3 is 0 Å². The molecule has 0 spiro atoms.